The molecule has 1 aliphatic heterocycles. The number of rotatable bonds is 11. The van der Waals surface area contributed by atoms with Gasteiger partial charge in [-0.05, 0) is 55.3 Å². The number of carbonyl (C=O) groups excluding carboxylic acids is 1. The van der Waals surface area contributed by atoms with Gasteiger partial charge in [0.05, 0.1) is 28.7 Å². The van der Waals surface area contributed by atoms with E-state index in [0.717, 1.165) is 11.3 Å². The molecule has 0 unspecified atom stereocenters. The number of piperidine rings is 1. The lowest BCUT2D eigenvalue weighted by molar-refractivity contribution is -0.384. The first-order valence-corrected chi connectivity index (χ1v) is 16.2. The number of nitro groups is 1. The first-order valence-electron chi connectivity index (χ1n) is 12.3. The maximum atomic E-state index is 13.2. The number of benzene rings is 2. The smallest absolute Gasteiger partial charge is 0.269 e. The fourth-order valence-electron chi connectivity index (χ4n) is 4.22. The van der Waals surface area contributed by atoms with E-state index in [1.165, 1.54) is 46.8 Å². The van der Waals surface area contributed by atoms with Crippen molar-refractivity contribution in [1.29, 1.82) is 0 Å². The van der Waals surface area contributed by atoms with Gasteiger partial charge in [-0.15, -0.1) is 11.3 Å². The molecule has 1 aliphatic rings. The third-order valence-corrected chi connectivity index (χ3v) is 11.5. The molecule has 12 nitrogen and oxygen atoms in total. The number of carbonyl (C=O) groups is 1. The van der Waals surface area contributed by atoms with Crippen LogP contribution in [-0.2, 0) is 26.4 Å². The lowest BCUT2D eigenvalue weighted by atomic mass is 10.1. The standard InChI is InChI=1S/C25H28N4O8S3/c30-14-15-39(34,35)23-3-1-2-20(16-23)27-19-10-12-28(13-11-19)40(36,37)24-9-8-22(38-24)17-26-25(31)18-4-6-21(7-5-18)29(32)33/h1-9,16,19,27,30H,10-15,17H2,(H,26,31). The molecule has 0 radical (unpaired) electrons. The van der Waals surface area contributed by atoms with Crippen molar-refractivity contribution < 1.29 is 31.7 Å². The Morgan fingerprint density at radius 1 is 1.05 bits per heavy atom. The number of aliphatic hydroxyl groups excluding tert-OH is 1. The first kappa shape index (κ1) is 29.6. The fraction of sp³-hybridized carbons (Fsp3) is 0.320. The predicted octanol–water partition coefficient (Wildman–Crippen LogP) is 2.62. The Kier molecular flexibility index (Phi) is 9.20. The van der Waals surface area contributed by atoms with Gasteiger partial charge >= 0.3 is 0 Å². The number of aliphatic hydroxyl groups is 1. The molecule has 1 saturated heterocycles. The number of nitrogens with one attached hydrogen (secondary N) is 2. The summed E-state index contributed by atoms with van der Waals surface area (Å²) < 4.78 is 52.5. The SMILES string of the molecule is O=C(NCc1ccc(S(=O)(=O)N2CCC(Nc3cccc(S(=O)(=O)CCO)c3)CC2)s1)c1ccc([N+](=O)[O-])cc1. The van der Waals surface area contributed by atoms with E-state index in [0.29, 0.717) is 23.4 Å². The number of sulfone groups is 1. The zero-order valence-corrected chi connectivity index (χ0v) is 23.7. The van der Waals surface area contributed by atoms with E-state index in [9.17, 15) is 31.7 Å². The Bertz CT molecular complexity index is 1580. The molecule has 4 rings (SSSR count). The van der Waals surface area contributed by atoms with Crippen molar-refractivity contribution in [3.63, 3.8) is 0 Å². The molecule has 0 bridgehead atoms. The highest BCUT2D eigenvalue weighted by atomic mass is 32.2. The number of sulfonamides is 1. The van der Waals surface area contributed by atoms with Gasteiger partial charge in [-0.25, -0.2) is 16.8 Å². The van der Waals surface area contributed by atoms with Crippen LogP contribution >= 0.6 is 11.3 Å². The van der Waals surface area contributed by atoms with E-state index in [-0.39, 0.29) is 51.8 Å². The number of amides is 1. The summed E-state index contributed by atoms with van der Waals surface area (Å²) in [6.45, 7) is 0.212. The average Bonchev–Trinajstić information content (AvgIpc) is 3.42. The summed E-state index contributed by atoms with van der Waals surface area (Å²) in [5.74, 6) is -0.790. The van der Waals surface area contributed by atoms with Crippen molar-refractivity contribution in [2.75, 3.05) is 30.8 Å². The minimum absolute atomic E-state index is 0.0456. The van der Waals surface area contributed by atoms with E-state index < -0.39 is 37.3 Å². The Morgan fingerprint density at radius 2 is 1.75 bits per heavy atom. The third kappa shape index (κ3) is 7.03. The Morgan fingerprint density at radius 3 is 2.40 bits per heavy atom. The minimum Gasteiger partial charge on any atom is -0.395 e. The van der Waals surface area contributed by atoms with Crippen LogP contribution in [0.25, 0.3) is 0 Å². The van der Waals surface area contributed by atoms with Crippen LogP contribution < -0.4 is 10.6 Å². The lowest BCUT2D eigenvalue weighted by Crippen LogP contribution is -2.42. The molecule has 1 aromatic heterocycles. The van der Waals surface area contributed by atoms with Crippen molar-refractivity contribution in [2.45, 2.75) is 34.5 Å². The van der Waals surface area contributed by atoms with Crippen LogP contribution in [-0.4, -0.2) is 68.6 Å². The highest BCUT2D eigenvalue weighted by molar-refractivity contribution is 7.91. The number of nitrogens with zero attached hydrogens (tertiary/aromatic N) is 2. The summed E-state index contributed by atoms with van der Waals surface area (Å²) in [5, 5.41) is 25.7. The molecule has 0 atom stereocenters. The average molecular weight is 609 g/mol. The van der Waals surface area contributed by atoms with Gasteiger partial charge in [0.15, 0.2) is 9.84 Å². The number of anilines is 1. The van der Waals surface area contributed by atoms with Crippen LogP contribution in [0.3, 0.4) is 0 Å². The predicted molar refractivity (Wildman–Crippen MR) is 150 cm³/mol. The molecule has 2 heterocycles. The maximum Gasteiger partial charge on any atom is 0.269 e. The van der Waals surface area contributed by atoms with Crippen molar-refractivity contribution in [2.24, 2.45) is 0 Å². The fourth-order valence-corrected chi connectivity index (χ4v) is 8.20. The largest absolute Gasteiger partial charge is 0.395 e. The second-order valence-corrected chi connectivity index (χ2v) is 14.5. The Balaban J connectivity index is 1.31. The number of hydrogen-bond donors (Lipinski definition) is 3. The van der Waals surface area contributed by atoms with Gasteiger partial charge in [-0.3, -0.25) is 14.9 Å². The van der Waals surface area contributed by atoms with Gasteiger partial charge in [0, 0.05) is 47.4 Å². The molecular weight excluding hydrogens is 580 g/mol. The van der Waals surface area contributed by atoms with Crippen LogP contribution in [0, 0.1) is 10.1 Å². The number of non-ortho nitro benzene ring substituents is 1. The quantitative estimate of drug-likeness (QED) is 0.218. The first-order chi connectivity index (χ1) is 19.0. The zero-order chi connectivity index (χ0) is 28.9. The molecule has 2 aromatic carbocycles. The highest BCUT2D eigenvalue weighted by Crippen LogP contribution is 2.28. The molecule has 1 fully saturated rings. The molecular formula is C25H28N4O8S3. The van der Waals surface area contributed by atoms with E-state index in [1.807, 2.05) is 0 Å². The van der Waals surface area contributed by atoms with E-state index in [1.54, 1.807) is 18.2 Å². The molecule has 214 valence electrons. The second kappa shape index (κ2) is 12.4. The van der Waals surface area contributed by atoms with Crippen LogP contribution in [0.15, 0.2) is 69.8 Å². The van der Waals surface area contributed by atoms with Gasteiger partial charge in [-0.1, -0.05) is 6.07 Å². The molecule has 0 spiro atoms. The van der Waals surface area contributed by atoms with Crippen LogP contribution in [0.2, 0.25) is 0 Å². The maximum absolute atomic E-state index is 13.2. The molecule has 3 N–H and O–H groups in total. The zero-order valence-electron chi connectivity index (χ0n) is 21.2. The summed E-state index contributed by atoms with van der Waals surface area (Å²) in [6.07, 6.45) is 1.05. The number of nitro benzene ring substituents is 1. The second-order valence-electron chi connectivity index (χ2n) is 9.10. The summed E-state index contributed by atoms with van der Waals surface area (Å²) in [5.41, 5.74) is 0.743. The molecule has 0 saturated carbocycles. The summed E-state index contributed by atoms with van der Waals surface area (Å²) in [6, 6.07) is 14.6. The number of hydrogen-bond acceptors (Lipinski definition) is 10. The van der Waals surface area contributed by atoms with Gasteiger partial charge in [0.1, 0.15) is 4.21 Å². The molecule has 40 heavy (non-hydrogen) atoms. The third-order valence-electron chi connectivity index (χ3n) is 6.37. The summed E-state index contributed by atoms with van der Waals surface area (Å²) in [4.78, 5) is 23.3. The number of thiophene rings is 1. The van der Waals surface area contributed by atoms with Crippen molar-refractivity contribution in [1.82, 2.24) is 9.62 Å². The molecule has 1 amide bonds. The molecule has 15 heteroatoms. The summed E-state index contributed by atoms with van der Waals surface area (Å²) >= 11 is 1.06. The Hall–Kier alpha value is -3.37. The van der Waals surface area contributed by atoms with E-state index in [4.69, 9.17) is 5.11 Å². The molecule has 0 aliphatic carbocycles. The van der Waals surface area contributed by atoms with E-state index in [2.05, 4.69) is 10.6 Å². The van der Waals surface area contributed by atoms with Crippen molar-refractivity contribution >= 4 is 48.5 Å². The summed E-state index contributed by atoms with van der Waals surface area (Å²) in [7, 11) is -7.31. The van der Waals surface area contributed by atoms with E-state index >= 15 is 0 Å². The van der Waals surface area contributed by atoms with Crippen LogP contribution in [0.1, 0.15) is 28.1 Å². The van der Waals surface area contributed by atoms with Gasteiger partial charge < -0.3 is 15.7 Å². The lowest BCUT2D eigenvalue weighted by Gasteiger charge is -2.31. The molecule has 3 aromatic rings. The normalized spacial score (nSPS) is 15.0. The van der Waals surface area contributed by atoms with Crippen molar-refractivity contribution in [3.05, 3.63) is 81.2 Å². The van der Waals surface area contributed by atoms with Crippen LogP contribution in [0.4, 0.5) is 11.4 Å². The van der Waals surface area contributed by atoms with Gasteiger partial charge in [0.25, 0.3) is 21.6 Å². The van der Waals surface area contributed by atoms with Crippen LogP contribution in [0.5, 0.6) is 0 Å². The van der Waals surface area contributed by atoms with Gasteiger partial charge in [-0.2, -0.15) is 4.31 Å². The Labute approximate surface area is 235 Å². The highest BCUT2D eigenvalue weighted by Gasteiger charge is 2.30. The minimum atomic E-state index is -3.73. The topological polar surface area (TPSA) is 176 Å². The van der Waals surface area contributed by atoms with Gasteiger partial charge in [0.2, 0.25) is 0 Å². The van der Waals surface area contributed by atoms with Crippen molar-refractivity contribution in [3.8, 4) is 0 Å². The monoisotopic (exact) mass is 608 g/mol.